The molecule has 0 nitrogen and oxygen atoms in total. The molecule has 0 saturated heterocycles. The maximum Gasteiger partial charge on any atom is 0.0277 e. The van der Waals surface area contributed by atoms with Crippen LogP contribution in [0.1, 0.15) is 11.1 Å². The van der Waals surface area contributed by atoms with Gasteiger partial charge in [-0.1, -0.05) is 48.4 Å². The minimum absolute atomic E-state index is 0.969. The number of hydrogen-bond acceptors (Lipinski definition) is 0. The number of benzene rings is 2. The fourth-order valence-electron chi connectivity index (χ4n) is 1.59. The Hall–Kier alpha value is -2.00. The molecule has 0 fully saturated rings. The van der Waals surface area contributed by atoms with E-state index in [1.807, 2.05) is 25.1 Å². The Bertz CT molecular complexity index is 501. The minimum Gasteiger partial charge on any atom is -0.115 e. The Kier molecular flexibility index (Phi) is 2.56. The predicted molar refractivity (Wildman–Crippen MR) is 64.6 cm³/mol. The molecular formula is C15H12. The molecule has 2 aromatic rings. The second kappa shape index (κ2) is 4.02. The van der Waals surface area contributed by atoms with Crippen molar-refractivity contribution in [3.8, 4) is 23.5 Å². The molecule has 0 saturated carbocycles. The predicted octanol–water partition coefficient (Wildman–Crippen LogP) is 3.64. The van der Waals surface area contributed by atoms with Crippen LogP contribution < -0.4 is 0 Å². The van der Waals surface area contributed by atoms with Crippen molar-refractivity contribution in [2.75, 3.05) is 0 Å². The van der Waals surface area contributed by atoms with Crippen molar-refractivity contribution in [3.05, 3.63) is 59.7 Å². The monoisotopic (exact) mass is 192 g/mol. The molecule has 0 heteroatoms. The Morgan fingerprint density at radius 1 is 0.933 bits per heavy atom. The number of hydrogen-bond donors (Lipinski definition) is 0. The third-order valence-electron chi connectivity index (χ3n) is 2.50. The van der Waals surface area contributed by atoms with Crippen molar-refractivity contribution < 1.29 is 0 Å². The van der Waals surface area contributed by atoms with Gasteiger partial charge in [0.1, 0.15) is 0 Å². The topological polar surface area (TPSA) is 0 Å². The van der Waals surface area contributed by atoms with Crippen LogP contribution in [0.4, 0.5) is 0 Å². The fraction of sp³-hybridized carbons (Fsp3) is 0.0667. The summed E-state index contributed by atoms with van der Waals surface area (Å²) < 4.78 is 0. The lowest BCUT2D eigenvalue weighted by Crippen LogP contribution is -1.84. The summed E-state index contributed by atoms with van der Waals surface area (Å²) in [6, 6.07) is 16.5. The summed E-state index contributed by atoms with van der Waals surface area (Å²) >= 11 is 0. The van der Waals surface area contributed by atoms with Gasteiger partial charge in [0, 0.05) is 5.56 Å². The number of terminal acetylenes is 1. The average Bonchev–Trinajstić information content (AvgIpc) is 2.31. The molecule has 2 aromatic carbocycles. The molecule has 0 spiro atoms. The van der Waals surface area contributed by atoms with Crippen LogP contribution in [0.5, 0.6) is 0 Å². The lowest BCUT2D eigenvalue weighted by atomic mass is 10.0. The number of rotatable bonds is 1. The van der Waals surface area contributed by atoms with Gasteiger partial charge in [-0.2, -0.15) is 0 Å². The summed E-state index contributed by atoms with van der Waals surface area (Å²) in [5, 5.41) is 0. The van der Waals surface area contributed by atoms with Crippen molar-refractivity contribution in [1.82, 2.24) is 0 Å². The van der Waals surface area contributed by atoms with Crippen LogP contribution in [0, 0.1) is 19.3 Å². The van der Waals surface area contributed by atoms with Gasteiger partial charge in [0.15, 0.2) is 0 Å². The molecule has 0 aromatic heterocycles. The maximum absolute atomic E-state index is 5.45. The van der Waals surface area contributed by atoms with E-state index >= 15 is 0 Å². The first-order valence-electron chi connectivity index (χ1n) is 4.94. The summed E-state index contributed by atoms with van der Waals surface area (Å²) in [6.45, 7) is 2.03. The zero-order valence-electron chi connectivity index (χ0n) is 8.70. The van der Waals surface area contributed by atoms with Crippen LogP contribution in [0.3, 0.4) is 0 Å². The molecule has 0 aliphatic heterocycles. The van der Waals surface area contributed by atoms with Crippen molar-refractivity contribution in [2.45, 2.75) is 6.92 Å². The van der Waals surface area contributed by atoms with E-state index in [-0.39, 0.29) is 0 Å². The summed E-state index contributed by atoms with van der Waals surface area (Å²) in [7, 11) is 0. The van der Waals surface area contributed by atoms with Gasteiger partial charge >= 0.3 is 0 Å². The van der Waals surface area contributed by atoms with Crippen LogP contribution in [0.2, 0.25) is 0 Å². The highest BCUT2D eigenvalue weighted by atomic mass is 14.0. The maximum atomic E-state index is 5.45. The summed E-state index contributed by atoms with van der Waals surface area (Å²) in [6.07, 6.45) is 5.45. The molecule has 72 valence electrons. The Balaban J connectivity index is 2.52. The van der Waals surface area contributed by atoms with Crippen LogP contribution >= 0.6 is 0 Å². The minimum atomic E-state index is 0.969. The van der Waals surface area contributed by atoms with E-state index in [1.54, 1.807) is 0 Å². The van der Waals surface area contributed by atoms with E-state index in [9.17, 15) is 0 Å². The quantitative estimate of drug-likeness (QED) is 0.605. The van der Waals surface area contributed by atoms with Gasteiger partial charge in [0.2, 0.25) is 0 Å². The van der Waals surface area contributed by atoms with Gasteiger partial charge in [-0.15, -0.1) is 6.42 Å². The van der Waals surface area contributed by atoms with Gasteiger partial charge in [0.05, 0.1) is 0 Å². The Labute approximate surface area is 90.6 Å². The van der Waals surface area contributed by atoms with E-state index in [2.05, 4.69) is 36.3 Å². The Morgan fingerprint density at radius 2 is 1.67 bits per heavy atom. The Morgan fingerprint density at radius 3 is 2.33 bits per heavy atom. The molecule has 0 radical (unpaired) electrons. The molecule has 2 rings (SSSR count). The van der Waals surface area contributed by atoms with E-state index in [1.165, 1.54) is 11.1 Å². The first-order chi connectivity index (χ1) is 7.31. The smallest absolute Gasteiger partial charge is 0.0277 e. The lowest BCUT2D eigenvalue weighted by Gasteiger charge is -2.04. The molecule has 0 aliphatic rings. The van der Waals surface area contributed by atoms with Crippen molar-refractivity contribution in [3.63, 3.8) is 0 Å². The van der Waals surface area contributed by atoms with Gasteiger partial charge in [-0.3, -0.25) is 0 Å². The second-order valence-corrected chi connectivity index (χ2v) is 3.54. The third-order valence-corrected chi connectivity index (χ3v) is 2.50. The molecule has 0 aliphatic carbocycles. The zero-order valence-corrected chi connectivity index (χ0v) is 8.70. The van der Waals surface area contributed by atoms with Gasteiger partial charge in [-0.05, 0) is 29.7 Å². The molecule has 0 unspecified atom stereocenters. The molecule has 0 N–H and O–H groups in total. The van der Waals surface area contributed by atoms with Gasteiger partial charge in [0.25, 0.3) is 0 Å². The van der Waals surface area contributed by atoms with Crippen LogP contribution in [0.25, 0.3) is 11.1 Å². The fourth-order valence-corrected chi connectivity index (χ4v) is 1.59. The highest BCUT2D eigenvalue weighted by molar-refractivity contribution is 5.66. The molecule has 15 heavy (non-hydrogen) atoms. The second-order valence-electron chi connectivity index (χ2n) is 3.54. The molecule has 0 bridgehead atoms. The summed E-state index contributed by atoms with van der Waals surface area (Å²) in [5.41, 5.74) is 4.50. The third kappa shape index (κ3) is 1.92. The number of aryl methyl sites for hydroxylation is 1. The SMILES string of the molecule is C#Cc1cc(-c2ccccc2)ccc1C. The van der Waals surface area contributed by atoms with E-state index in [0.29, 0.717) is 0 Å². The van der Waals surface area contributed by atoms with Crippen LogP contribution in [-0.2, 0) is 0 Å². The largest absolute Gasteiger partial charge is 0.115 e. The first kappa shape index (κ1) is 9.55. The zero-order chi connectivity index (χ0) is 10.7. The van der Waals surface area contributed by atoms with Gasteiger partial charge < -0.3 is 0 Å². The standard InChI is InChI=1S/C15H12/c1-3-13-11-15(10-9-12(13)2)14-7-5-4-6-8-14/h1,4-11H,2H3. The van der Waals surface area contributed by atoms with Crippen LogP contribution in [-0.4, -0.2) is 0 Å². The lowest BCUT2D eigenvalue weighted by molar-refractivity contribution is 1.43. The van der Waals surface area contributed by atoms with E-state index < -0.39 is 0 Å². The van der Waals surface area contributed by atoms with Crippen molar-refractivity contribution in [1.29, 1.82) is 0 Å². The van der Waals surface area contributed by atoms with E-state index in [4.69, 9.17) is 6.42 Å². The normalized spacial score (nSPS) is 9.60. The molecule has 0 amide bonds. The first-order valence-corrected chi connectivity index (χ1v) is 4.94. The van der Waals surface area contributed by atoms with Gasteiger partial charge in [-0.25, -0.2) is 0 Å². The van der Waals surface area contributed by atoms with Crippen molar-refractivity contribution >= 4 is 0 Å². The molecular weight excluding hydrogens is 180 g/mol. The van der Waals surface area contributed by atoms with E-state index in [0.717, 1.165) is 11.1 Å². The highest BCUT2D eigenvalue weighted by Gasteiger charge is 1.99. The molecule has 0 heterocycles. The van der Waals surface area contributed by atoms with Crippen molar-refractivity contribution in [2.24, 2.45) is 0 Å². The summed E-state index contributed by atoms with van der Waals surface area (Å²) in [4.78, 5) is 0. The summed E-state index contributed by atoms with van der Waals surface area (Å²) in [5.74, 6) is 2.71. The van der Waals surface area contributed by atoms with Crippen LogP contribution in [0.15, 0.2) is 48.5 Å². The average molecular weight is 192 g/mol. The highest BCUT2D eigenvalue weighted by Crippen LogP contribution is 2.21. The molecule has 0 atom stereocenters.